The second-order valence-corrected chi connectivity index (χ2v) is 4.51. The molecular formula is C14H17N3O. The van der Waals surface area contributed by atoms with Gasteiger partial charge < -0.3 is 10.5 Å². The molecule has 2 N–H and O–H groups in total. The Morgan fingerprint density at radius 2 is 1.94 bits per heavy atom. The molecule has 4 nitrogen and oxygen atoms in total. The van der Waals surface area contributed by atoms with Crippen molar-refractivity contribution in [3.05, 3.63) is 41.6 Å². The summed E-state index contributed by atoms with van der Waals surface area (Å²) in [6.07, 6.45) is 1.66. The van der Waals surface area contributed by atoms with Crippen molar-refractivity contribution in [1.82, 2.24) is 9.97 Å². The molecule has 0 saturated heterocycles. The minimum absolute atomic E-state index is 0.220. The predicted molar refractivity (Wildman–Crippen MR) is 71.8 cm³/mol. The molecule has 4 heteroatoms. The predicted octanol–water partition coefficient (Wildman–Crippen LogP) is 3.28. The van der Waals surface area contributed by atoms with Crippen LogP contribution in [0.1, 0.15) is 30.9 Å². The van der Waals surface area contributed by atoms with Gasteiger partial charge in [-0.2, -0.15) is 4.98 Å². The average molecular weight is 243 g/mol. The third kappa shape index (κ3) is 2.59. The number of hydrogen-bond donors (Lipinski definition) is 1. The summed E-state index contributed by atoms with van der Waals surface area (Å²) in [7, 11) is 0. The maximum Gasteiger partial charge on any atom is 0.226 e. The number of nitrogen functional groups attached to an aromatic ring is 1. The number of nitrogens with zero attached hydrogens (tertiary/aromatic N) is 2. The number of aryl methyl sites for hydroxylation is 1. The van der Waals surface area contributed by atoms with Crippen LogP contribution in [0, 0.1) is 6.92 Å². The molecular weight excluding hydrogens is 226 g/mol. The van der Waals surface area contributed by atoms with Crippen molar-refractivity contribution in [2.75, 3.05) is 5.73 Å². The van der Waals surface area contributed by atoms with Crippen LogP contribution in [0.3, 0.4) is 0 Å². The molecule has 0 bridgehead atoms. The summed E-state index contributed by atoms with van der Waals surface area (Å²) in [6.45, 7) is 6.15. The lowest BCUT2D eigenvalue weighted by Crippen LogP contribution is -2.00. The first-order valence-electron chi connectivity index (χ1n) is 5.94. The van der Waals surface area contributed by atoms with Crippen LogP contribution in [0.5, 0.6) is 11.6 Å². The van der Waals surface area contributed by atoms with E-state index in [4.69, 9.17) is 10.5 Å². The van der Waals surface area contributed by atoms with Gasteiger partial charge in [-0.25, -0.2) is 4.98 Å². The molecule has 18 heavy (non-hydrogen) atoms. The number of para-hydroxylation sites is 1. The number of anilines is 1. The van der Waals surface area contributed by atoms with Gasteiger partial charge in [0.05, 0.1) is 0 Å². The van der Waals surface area contributed by atoms with Crippen molar-refractivity contribution < 1.29 is 4.74 Å². The van der Waals surface area contributed by atoms with Crippen LogP contribution in [-0.2, 0) is 0 Å². The molecule has 94 valence electrons. The first-order valence-corrected chi connectivity index (χ1v) is 5.94. The number of benzene rings is 1. The topological polar surface area (TPSA) is 61.0 Å². The Balaban J connectivity index is 2.37. The Bertz CT molecular complexity index is 552. The lowest BCUT2D eigenvalue weighted by atomic mass is 10.0. The standard InChI is InChI=1S/C14H17N3O/c1-9(2)11-6-4-5-7-12(11)18-13-10(3)8-16-14(15)17-13/h4-9H,1-3H3,(H2,15,16,17). The van der Waals surface area contributed by atoms with E-state index in [0.29, 0.717) is 11.8 Å². The zero-order valence-corrected chi connectivity index (χ0v) is 10.8. The molecule has 1 heterocycles. The van der Waals surface area contributed by atoms with Crippen molar-refractivity contribution >= 4 is 5.95 Å². The molecule has 0 fully saturated rings. The summed E-state index contributed by atoms with van der Waals surface area (Å²) in [5, 5.41) is 0. The van der Waals surface area contributed by atoms with Crippen molar-refractivity contribution in [1.29, 1.82) is 0 Å². The Hall–Kier alpha value is -2.10. The Morgan fingerprint density at radius 1 is 1.22 bits per heavy atom. The van der Waals surface area contributed by atoms with Crippen LogP contribution in [0.2, 0.25) is 0 Å². The molecule has 1 aromatic heterocycles. The van der Waals surface area contributed by atoms with E-state index in [2.05, 4.69) is 29.9 Å². The highest BCUT2D eigenvalue weighted by molar-refractivity contribution is 5.40. The van der Waals surface area contributed by atoms with Crippen molar-refractivity contribution in [2.45, 2.75) is 26.7 Å². The number of nitrogens with two attached hydrogens (primary N) is 1. The highest BCUT2D eigenvalue weighted by Crippen LogP contribution is 2.30. The molecule has 1 aromatic carbocycles. The van der Waals surface area contributed by atoms with Gasteiger partial charge in [-0.05, 0) is 24.5 Å². The Labute approximate surface area is 107 Å². The van der Waals surface area contributed by atoms with Gasteiger partial charge in [0.25, 0.3) is 0 Å². The fourth-order valence-corrected chi connectivity index (χ4v) is 1.70. The second-order valence-electron chi connectivity index (χ2n) is 4.51. The van der Waals surface area contributed by atoms with Gasteiger partial charge in [-0.1, -0.05) is 32.0 Å². The van der Waals surface area contributed by atoms with Gasteiger partial charge in [0.15, 0.2) is 0 Å². The van der Waals surface area contributed by atoms with Crippen LogP contribution in [0.4, 0.5) is 5.95 Å². The van der Waals surface area contributed by atoms with Crippen molar-refractivity contribution in [3.8, 4) is 11.6 Å². The zero-order valence-electron chi connectivity index (χ0n) is 10.8. The first kappa shape index (κ1) is 12.4. The summed E-state index contributed by atoms with van der Waals surface area (Å²) in [6, 6.07) is 7.94. The van der Waals surface area contributed by atoms with E-state index >= 15 is 0 Å². The third-order valence-electron chi connectivity index (χ3n) is 2.69. The molecule has 0 aliphatic heterocycles. The molecule has 0 atom stereocenters. The van der Waals surface area contributed by atoms with Gasteiger partial charge in [0.1, 0.15) is 5.75 Å². The van der Waals surface area contributed by atoms with Crippen LogP contribution in [0.15, 0.2) is 30.5 Å². The van der Waals surface area contributed by atoms with E-state index in [1.54, 1.807) is 6.20 Å². The SMILES string of the molecule is Cc1cnc(N)nc1Oc1ccccc1C(C)C. The molecule has 2 rings (SSSR count). The summed E-state index contributed by atoms with van der Waals surface area (Å²) in [5.74, 6) is 1.93. The zero-order chi connectivity index (χ0) is 13.1. The fourth-order valence-electron chi connectivity index (χ4n) is 1.70. The number of ether oxygens (including phenoxy) is 1. The van der Waals surface area contributed by atoms with Crippen LogP contribution < -0.4 is 10.5 Å². The van der Waals surface area contributed by atoms with Gasteiger partial charge >= 0.3 is 0 Å². The molecule has 0 aliphatic rings. The van der Waals surface area contributed by atoms with Crippen molar-refractivity contribution in [2.24, 2.45) is 0 Å². The smallest absolute Gasteiger partial charge is 0.226 e. The Kier molecular flexibility index (Phi) is 3.46. The largest absolute Gasteiger partial charge is 0.438 e. The molecule has 0 amide bonds. The summed E-state index contributed by atoms with van der Waals surface area (Å²) >= 11 is 0. The van der Waals surface area contributed by atoms with Crippen LogP contribution >= 0.6 is 0 Å². The summed E-state index contributed by atoms with van der Waals surface area (Å²) in [5.41, 5.74) is 7.59. The van der Waals surface area contributed by atoms with Crippen molar-refractivity contribution in [3.63, 3.8) is 0 Å². The summed E-state index contributed by atoms with van der Waals surface area (Å²) in [4.78, 5) is 8.04. The average Bonchev–Trinajstić information content (AvgIpc) is 2.34. The molecule has 0 radical (unpaired) electrons. The maximum absolute atomic E-state index is 5.85. The van der Waals surface area contributed by atoms with Gasteiger partial charge in [0, 0.05) is 11.8 Å². The number of hydrogen-bond acceptors (Lipinski definition) is 4. The first-order chi connectivity index (χ1) is 8.58. The molecule has 0 saturated carbocycles. The lowest BCUT2D eigenvalue weighted by Gasteiger charge is -2.13. The van der Waals surface area contributed by atoms with Crippen LogP contribution in [-0.4, -0.2) is 9.97 Å². The monoisotopic (exact) mass is 243 g/mol. The van der Waals surface area contributed by atoms with E-state index in [9.17, 15) is 0 Å². The van der Waals surface area contributed by atoms with E-state index in [-0.39, 0.29) is 5.95 Å². The maximum atomic E-state index is 5.85. The minimum atomic E-state index is 0.220. The van der Waals surface area contributed by atoms with Gasteiger partial charge in [0.2, 0.25) is 11.8 Å². The van der Waals surface area contributed by atoms with E-state index < -0.39 is 0 Å². The normalized spacial score (nSPS) is 10.7. The second kappa shape index (κ2) is 5.04. The van der Waals surface area contributed by atoms with Gasteiger partial charge in [-0.3, -0.25) is 0 Å². The van der Waals surface area contributed by atoms with E-state index in [1.165, 1.54) is 0 Å². The highest BCUT2D eigenvalue weighted by atomic mass is 16.5. The summed E-state index contributed by atoms with van der Waals surface area (Å²) < 4.78 is 5.85. The fraction of sp³-hybridized carbons (Fsp3) is 0.286. The Morgan fingerprint density at radius 3 is 2.67 bits per heavy atom. The van der Waals surface area contributed by atoms with E-state index in [0.717, 1.165) is 16.9 Å². The van der Waals surface area contributed by atoms with E-state index in [1.807, 2.05) is 25.1 Å². The van der Waals surface area contributed by atoms with Crippen LogP contribution in [0.25, 0.3) is 0 Å². The van der Waals surface area contributed by atoms with Gasteiger partial charge in [-0.15, -0.1) is 0 Å². The quantitative estimate of drug-likeness (QED) is 0.898. The molecule has 0 unspecified atom stereocenters. The lowest BCUT2D eigenvalue weighted by molar-refractivity contribution is 0.450. The minimum Gasteiger partial charge on any atom is -0.438 e. The molecule has 2 aromatic rings. The third-order valence-corrected chi connectivity index (χ3v) is 2.69. The number of rotatable bonds is 3. The highest BCUT2D eigenvalue weighted by Gasteiger charge is 2.10. The molecule has 0 aliphatic carbocycles. The number of aromatic nitrogens is 2. The molecule has 0 spiro atoms.